The van der Waals surface area contributed by atoms with Gasteiger partial charge in [0.25, 0.3) is 0 Å². The van der Waals surface area contributed by atoms with Gasteiger partial charge in [0.15, 0.2) is 0 Å². The van der Waals surface area contributed by atoms with Gasteiger partial charge in [-0.3, -0.25) is 0 Å². The fraction of sp³-hybridized carbons (Fsp3) is 0.188. The lowest BCUT2D eigenvalue weighted by Gasteiger charge is -2.10. The molecule has 0 saturated heterocycles. The Morgan fingerprint density at radius 1 is 1.20 bits per heavy atom. The van der Waals surface area contributed by atoms with Gasteiger partial charge in [-0.05, 0) is 30.2 Å². The number of esters is 1. The smallest absolute Gasteiger partial charge is 0.337 e. The molecule has 0 aliphatic rings. The number of methoxy groups -OCH3 is 1. The summed E-state index contributed by atoms with van der Waals surface area (Å²) in [6.07, 6.45) is 0.916. The van der Waals surface area contributed by atoms with E-state index in [9.17, 15) is 4.79 Å². The van der Waals surface area contributed by atoms with Crippen molar-refractivity contribution in [1.29, 1.82) is 0 Å². The van der Waals surface area contributed by atoms with Crippen molar-refractivity contribution < 1.29 is 9.53 Å². The third kappa shape index (κ3) is 3.51. The fourth-order valence-electron chi connectivity index (χ4n) is 1.95. The SMILES string of the molecule is COC(=O)c1ccc(NCCc2ccccc2)c(N)c1. The molecule has 0 aliphatic heterocycles. The van der Waals surface area contributed by atoms with Gasteiger partial charge in [-0.1, -0.05) is 30.3 Å². The number of nitrogen functional groups attached to an aromatic ring is 1. The zero-order valence-corrected chi connectivity index (χ0v) is 11.4. The van der Waals surface area contributed by atoms with Crippen LogP contribution in [0.3, 0.4) is 0 Å². The summed E-state index contributed by atoms with van der Waals surface area (Å²) in [5, 5.41) is 3.27. The molecule has 0 amide bonds. The van der Waals surface area contributed by atoms with Gasteiger partial charge in [-0.15, -0.1) is 0 Å². The molecule has 0 unspecified atom stereocenters. The number of carbonyl (C=O) groups is 1. The molecule has 3 N–H and O–H groups in total. The molecule has 0 saturated carbocycles. The predicted octanol–water partition coefficient (Wildman–Crippen LogP) is 2.71. The van der Waals surface area contributed by atoms with E-state index in [1.165, 1.54) is 12.7 Å². The van der Waals surface area contributed by atoms with Crippen LogP contribution in [-0.4, -0.2) is 19.6 Å². The van der Waals surface area contributed by atoms with Gasteiger partial charge in [0.2, 0.25) is 0 Å². The van der Waals surface area contributed by atoms with E-state index in [0.29, 0.717) is 11.3 Å². The summed E-state index contributed by atoms with van der Waals surface area (Å²) in [6, 6.07) is 15.3. The number of anilines is 2. The van der Waals surface area contributed by atoms with Crippen LogP contribution >= 0.6 is 0 Å². The van der Waals surface area contributed by atoms with Crippen LogP contribution in [0.25, 0.3) is 0 Å². The van der Waals surface area contributed by atoms with Crippen LogP contribution in [0.2, 0.25) is 0 Å². The monoisotopic (exact) mass is 270 g/mol. The Morgan fingerprint density at radius 3 is 2.60 bits per heavy atom. The normalized spacial score (nSPS) is 10.1. The van der Waals surface area contributed by atoms with E-state index >= 15 is 0 Å². The zero-order chi connectivity index (χ0) is 14.4. The summed E-state index contributed by atoms with van der Waals surface area (Å²) in [7, 11) is 1.35. The first kappa shape index (κ1) is 13.9. The highest BCUT2D eigenvalue weighted by atomic mass is 16.5. The van der Waals surface area contributed by atoms with Crippen molar-refractivity contribution >= 4 is 17.3 Å². The van der Waals surface area contributed by atoms with Crippen LogP contribution in [0, 0.1) is 0 Å². The van der Waals surface area contributed by atoms with Gasteiger partial charge in [-0.2, -0.15) is 0 Å². The first-order chi connectivity index (χ1) is 9.70. The molecule has 20 heavy (non-hydrogen) atoms. The molecule has 0 aliphatic carbocycles. The minimum atomic E-state index is -0.382. The van der Waals surface area contributed by atoms with Crippen molar-refractivity contribution in [2.45, 2.75) is 6.42 Å². The summed E-state index contributed by atoms with van der Waals surface area (Å²) < 4.78 is 4.66. The number of nitrogens with two attached hydrogens (primary N) is 1. The Morgan fingerprint density at radius 2 is 1.95 bits per heavy atom. The van der Waals surface area contributed by atoms with Gasteiger partial charge in [0, 0.05) is 6.54 Å². The van der Waals surface area contributed by atoms with E-state index < -0.39 is 0 Å². The maximum atomic E-state index is 11.4. The molecule has 0 fully saturated rings. The molecule has 2 rings (SSSR count). The Hall–Kier alpha value is -2.49. The molecular weight excluding hydrogens is 252 g/mol. The largest absolute Gasteiger partial charge is 0.465 e. The number of hydrogen-bond acceptors (Lipinski definition) is 4. The van der Waals surface area contributed by atoms with Crippen LogP contribution < -0.4 is 11.1 Å². The second-order valence-corrected chi connectivity index (χ2v) is 4.46. The summed E-state index contributed by atoms with van der Waals surface area (Å²) in [5.74, 6) is -0.382. The molecule has 0 aromatic heterocycles. The minimum absolute atomic E-state index is 0.382. The first-order valence-electron chi connectivity index (χ1n) is 6.46. The van der Waals surface area contributed by atoms with Gasteiger partial charge in [0.05, 0.1) is 24.0 Å². The van der Waals surface area contributed by atoms with Crippen molar-refractivity contribution in [3.05, 3.63) is 59.7 Å². The predicted molar refractivity (Wildman–Crippen MR) is 80.8 cm³/mol. The molecular formula is C16H18N2O2. The van der Waals surface area contributed by atoms with Crippen LogP contribution in [0.5, 0.6) is 0 Å². The zero-order valence-electron chi connectivity index (χ0n) is 11.4. The number of benzene rings is 2. The van der Waals surface area contributed by atoms with Crippen LogP contribution in [0.4, 0.5) is 11.4 Å². The molecule has 2 aromatic carbocycles. The summed E-state index contributed by atoms with van der Waals surface area (Å²) in [5.41, 5.74) is 9.02. The summed E-state index contributed by atoms with van der Waals surface area (Å²) in [4.78, 5) is 11.4. The topological polar surface area (TPSA) is 64.3 Å². The second kappa shape index (κ2) is 6.61. The fourth-order valence-corrected chi connectivity index (χ4v) is 1.95. The van der Waals surface area contributed by atoms with Gasteiger partial charge in [0.1, 0.15) is 0 Å². The number of carbonyl (C=O) groups excluding carboxylic acids is 1. The molecule has 0 bridgehead atoms. The molecule has 4 nitrogen and oxygen atoms in total. The Balaban J connectivity index is 1.95. The van der Waals surface area contributed by atoms with E-state index in [2.05, 4.69) is 22.2 Å². The Kier molecular flexibility index (Phi) is 4.60. The van der Waals surface area contributed by atoms with E-state index in [-0.39, 0.29) is 5.97 Å². The molecule has 104 valence electrons. The highest BCUT2D eigenvalue weighted by Gasteiger charge is 2.07. The average molecular weight is 270 g/mol. The summed E-state index contributed by atoms with van der Waals surface area (Å²) >= 11 is 0. The maximum absolute atomic E-state index is 11.4. The van der Waals surface area contributed by atoms with Crippen LogP contribution in [0.1, 0.15) is 15.9 Å². The second-order valence-electron chi connectivity index (χ2n) is 4.46. The van der Waals surface area contributed by atoms with Crippen molar-refractivity contribution in [2.75, 3.05) is 24.7 Å². The lowest BCUT2D eigenvalue weighted by molar-refractivity contribution is 0.0601. The number of nitrogens with one attached hydrogen (secondary N) is 1. The molecule has 0 heterocycles. The maximum Gasteiger partial charge on any atom is 0.337 e. The molecule has 2 aromatic rings. The Labute approximate surface area is 118 Å². The van der Waals surface area contributed by atoms with E-state index in [0.717, 1.165) is 18.7 Å². The average Bonchev–Trinajstić information content (AvgIpc) is 2.49. The van der Waals surface area contributed by atoms with Crippen molar-refractivity contribution in [3.63, 3.8) is 0 Å². The molecule has 0 atom stereocenters. The van der Waals surface area contributed by atoms with Gasteiger partial charge < -0.3 is 15.8 Å². The minimum Gasteiger partial charge on any atom is -0.465 e. The van der Waals surface area contributed by atoms with Crippen molar-refractivity contribution in [1.82, 2.24) is 0 Å². The molecule has 0 radical (unpaired) electrons. The third-order valence-corrected chi connectivity index (χ3v) is 3.04. The van der Waals surface area contributed by atoms with Crippen molar-refractivity contribution in [2.24, 2.45) is 0 Å². The third-order valence-electron chi connectivity index (χ3n) is 3.04. The molecule has 4 heteroatoms. The van der Waals surface area contributed by atoms with E-state index in [1.54, 1.807) is 18.2 Å². The van der Waals surface area contributed by atoms with Crippen molar-refractivity contribution in [3.8, 4) is 0 Å². The summed E-state index contributed by atoms with van der Waals surface area (Å²) in [6.45, 7) is 0.784. The Bertz CT molecular complexity index is 582. The van der Waals surface area contributed by atoms with Crippen LogP contribution in [0.15, 0.2) is 48.5 Å². The van der Waals surface area contributed by atoms with E-state index in [1.807, 2.05) is 18.2 Å². The quantitative estimate of drug-likeness (QED) is 0.647. The lowest BCUT2D eigenvalue weighted by atomic mass is 10.1. The highest BCUT2D eigenvalue weighted by molar-refractivity contribution is 5.91. The lowest BCUT2D eigenvalue weighted by Crippen LogP contribution is -2.08. The van der Waals surface area contributed by atoms with Gasteiger partial charge in [-0.25, -0.2) is 4.79 Å². The number of ether oxygens (including phenoxy) is 1. The number of hydrogen-bond donors (Lipinski definition) is 2. The van der Waals surface area contributed by atoms with Crippen LogP contribution in [-0.2, 0) is 11.2 Å². The first-order valence-corrected chi connectivity index (χ1v) is 6.46. The van der Waals surface area contributed by atoms with E-state index in [4.69, 9.17) is 5.73 Å². The molecule has 0 spiro atoms. The highest BCUT2D eigenvalue weighted by Crippen LogP contribution is 2.20. The van der Waals surface area contributed by atoms with Gasteiger partial charge >= 0.3 is 5.97 Å². The number of rotatable bonds is 5. The standard InChI is InChI=1S/C16H18N2O2/c1-20-16(19)13-7-8-15(14(17)11-13)18-10-9-12-5-3-2-4-6-12/h2-8,11,18H,9-10,17H2,1H3.